The van der Waals surface area contributed by atoms with E-state index >= 15 is 0 Å². The Morgan fingerprint density at radius 3 is 2.31 bits per heavy atom. The zero-order valence-corrected chi connectivity index (χ0v) is 26.4. The van der Waals surface area contributed by atoms with E-state index in [4.69, 9.17) is 4.74 Å². The van der Waals surface area contributed by atoms with Crippen molar-refractivity contribution in [2.24, 2.45) is 5.41 Å². The van der Waals surface area contributed by atoms with Gasteiger partial charge in [0.25, 0.3) is 5.91 Å². The van der Waals surface area contributed by atoms with Gasteiger partial charge in [-0.1, -0.05) is 75.2 Å². The average Bonchev–Trinajstić information content (AvgIpc) is 3.07. The number of hydrogen-bond donors (Lipinski definition) is 2. The molecule has 1 aliphatic heterocycles. The molecule has 0 aromatic heterocycles. The van der Waals surface area contributed by atoms with Gasteiger partial charge in [-0.25, -0.2) is 13.2 Å². The molecule has 3 aromatic rings. The van der Waals surface area contributed by atoms with Gasteiger partial charge in [0.05, 0.1) is 20.8 Å². The monoisotopic (exact) mass is 656 g/mol. The van der Waals surface area contributed by atoms with Gasteiger partial charge in [0.15, 0.2) is 22.0 Å². The molecule has 0 saturated carbocycles. The molecule has 42 heavy (non-hydrogen) atoms. The molecule has 2 N–H and O–H groups in total. The molecule has 1 heterocycles. The van der Waals surface area contributed by atoms with E-state index in [1.165, 1.54) is 13.0 Å². The zero-order chi connectivity index (χ0) is 30.5. The van der Waals surface area contributed by atoms with Crippen LogP contribution in [0.4, 0.5) is 11.4 Å². The summed E-state index contributed by atoms with van der Waals surface area (Å²) in [5.74, 6) is -1.67. The van der Waals surface area contributed by atoms with Gasteiger partial charge >= 0.3 is 5.97 Å². The number of benzene rings is 3. The van der Waals surface area contributed by atoms with Crippen molar-refractivity contribution in [1.29, 1.82) is 0 Å². The molecule has 0 bridgehead atoms. The fraction of sp³-hybridized carbons (Fsp3) is 0.375. The Bertz CT molecular complexity index is 1520. The van der Waals surface area contributed by atoms with Crippen LogP contribution >= 0.6 is 15.9 Å². The quantitative estimate of drug-likeness (QED) is 0.237. The first-order valence-corrected chi connectivity index (χ1v) is 16.6. The highest BCUT2D eigenvalue weighted by Crippen LogP contribution is 2.47. The molecule has 4 rings (SSSR count). The first-order chi connectivity index (χ1) is 20.0. The Balaban J connectivity index is 1.70. The molecule has 0 fully saturated rings. The topological polar surface area (TPSA) is 113 Å². The Morgan fingerprint density at radius 1 is 1.07 bits per heavy atom. The van der Waals surface area contributed by atoms with Gasteiger partial charge in [-0.3, -0.25) is 4.79 Å². The number of carbonyl (C=O) groups is 2. The highest BCUT2D eigenvalue weighted by atomic mass is 79.9. The third-order valence-electron chi connectivity index (χ3n) is 7.85. The molecule has 1 amide bonds. The van der Waals surface area contributed by atoms with Crippen molar-refractivity contribution in [3.8, 4) is 5.75 Å². The summed E-state index contributed by atoms with van der Waals surface area (Å²) in [5.41, 5.74) is 1.40. The minimum Gasteiger partial charge on any atom is -0.480 e. The number of aliphatic carboxylic acids is 1. The first kappa shape index (κ1) is 31.6. The van der Waals surface area contributed by atoms with Crippen LogP contribution in [0.5, 0.6) is 5.75 Å². The minimum atomic E-state index is -3.75. The second-order valence-electron chi connectivity index (χ2n) is 10.8. The molecular weight excluding hydrogens is 620 g/mol. The molecule has 8 nitrogen and oxygen atoms in total. The van der Waals surface area contributed by atoms with Crippen LogP contribution in [0.25, 0.3) is 0 Å². The van der Waals surface area contributed by atoms with Crippen LogP contribution in [0.3, 0.4) is 0 Å². The van der Waals surface area contributed by atoms with Gasteiger partial charge in [-0.15, -0.1) is 0 Å². The van der Waals surface area contributed by atoms with Crippen LogP contribution in [0, 0.1) is 5.41 Å². The van der Waals surface area contributed by atoms with Crippen molar-refractivity contribution in [3.63, 3.8) is 0 Å². The number of rotatable bonds is 11. The maximum atomic E-state index is 14.0. The summed E-state index contributed by atoms with van der Waals surface area (Å²) in [6, 6.07) is 20.1. The number of para-hydroxylation sites is 1. The van der Waals surface area contributed by atoms with Crippen LogP contribution in [0.1, 0.15) is 58.1 Å². The SMILES string of the molecule is CCCCC1(CC)CN(c2ccccc2)c2cc(Br)c(O[C@H](C)C(=O)N[C@@H](C(=O)O)c3ccccc3)cc2S(=O)(=O)C1. The molecule has 3 aromatic carbocycles. The number of carboxylic acids is 1. The predicted octanol–water partition coefficient (Wildman–Crippen LogP) is 6.67. The number of unbranched alkanes of at least 4 members (excludes halogenated alkanes) is 1. The lowest BCUT2D eigenvalue weighted by molar-refractivity contribution is -0.143. The molecule has 1 aliphatic rings. The summed E-state index contributed by atoms with van der Waals surface area (Å²) in [7, 11) is -3.75. The summed E-state index contributed by atoms with van der Waals surface area (Å²) in [6.45, 7) is 6.19. The second kappa shape index (κ2) is 13.3. The molecule has 224 valence electrons. The van der Waals surface area contributed by atoms with E-state index in [0.717, 1.165) is 24.9 Å². The molecular formula is C32H37BrN2O6S. The van der Waals surface area contributed by atoms with Crippen LogP contribution in [0.15, 0.2) is 82.2 Å². The summed E-state index contributed by atoms with van der Waals surface area (Å²) in [4.78, 5) is 27.1. The number of ether oxygens (including phenoxy) is 1. The van der Waals surface area contributed by atoms with Crippen molar-refractivity contribution in [3.05, 3.63) is 82.8 Å². The smallest absolute Gasteiger partial charge is 0.330 e. The van der Waals surface area contributed by atoms with E-state index in [2.05, 4.69) is 40.0 Å². The highest BCUT2D eigenvalue weighted by Gasteiger charge is 2.42. The van der Waals surface area contributed by atoms with E-state index in [1.807, 2.05) is 30.3 Å². The summed E-state index contributed by atoms with van der Waals surface area (Å²) < 4.78 is 34.5. The Labute approximate surface area is 256 Å². The maximum absolute atomic E-state index is 14.0. The fourth-order valence-corrected chi connectivity index (χ4v) is 7.99. The van der Waals surface area contributed by atoms with E-state index in [9.17, 15) is 23.1 Å². The number of fused-ring (bicyclic) bond motifs is 1. The van der Waals surface area contributed by atoms with Crippen LogP contribution < -0.4 is 15.0 Å². The van der Waals surface area contributed by atoms with Gasteiger partial charge in [-0.2, -0.15) is 0 Å². The second-order valence-corrected chi connectivity index (χ2v) is 13.7. The summed E-state index contributed by atoms with van der Waals surface area (Å²) >= 11 is 3.54. The van der Waals surface area contributed by atoms with Crippen molar-refractivity contribution < 1.29 is 27.9 Å². The largest absolute Gasteiger partial charge is 0.480 e. The van der Waals surface area contributed by atoms with E-state index in [1.54, 1.807) is 36.4 Å². The van der Waals surface area contributed by atoms with Crippen molar-refractivity contribution in [2.75, 3.05) is 17.2 Å². The van der Waals surface area contributed by atoms with Crippen LogP contribution in [-0.4, -0.2) is 43.8 Å². The van der Waals surface area contributed by atoms with Gasteiger partial charge < -0.3 is 20.1 Å². The average molecular weight is 658 g/mol. The molecule has 0 saturated heterocycles. The number of nitrogens with zero attached hydrogens (tertiary/aromatic N) is 1. The molecule has 1 unspecified atom stereocenters. The molecule has 0 radical (unpaired) electrons. The zero-order valence-electron chi connectivity index (χ0n) is 24.0. The normalized spacial score (nSPS) is 19.2. The standard InChI is InChI=1S/C32H37BrN2O6S/c1-4-6-17-32(5-2)20-35(24-15-11-8-12-16-24)26-18-25(33)27(19-28(26)42(39,40)21-32)41-22(3)30(36)34-29(31(37)38)23-13-9-7-10-14-23/h7-16,18-19,22,29H,4-6,17,20-21H2,1-3H3,(H,34,36)(H,37,38)/t22-,29-,32?/m1/s1. The first-order valence-electron chi connectivity index (χ1n) is 14.1. The number of halogens is 1. The van der Waals surface area contributed by atoms with E-state index < -0.39 is 39.3 Å². The Hall–Kier alpha value is -3.37. The van der Waals surface area contributed by atoms with Crippen molar-refractivity contribution in [2.45, 2.75) is 63.5 Å². The van der Waals surface area contributed by atoms with E-state index in [0.29, 0.717) is 28.7 Å². The van der Waals surface area contributed by atoms with Crippen LogP contribution in [0.2, 0.25) is 0 Å². The number of nitrogens with one attached hydrogen (secondary N) is 1. The van der Waals surface area contributed by atoms with Gasteiger partial charge in [0.1, 0.15) is 5.75 Å². The summed E-state index contributed by atoms with van der Waals surface area (Å²) in [6.07, 6.45) is 2.27. The molecule has 10 heteroatoms. The van der Waals surface area contributed by atoms with Crippen LogP contribution in [-0.2, 0) is 19.4 Å². The van der Waals surface area contributed by atoms with Crippen molar-refractivity contribution in [1.82, 2.24) is 5.32 Å². The number of amides is 1. The van der Waals surface area contributed by atoms with Gasteiger partial charge in [0.2, 0.25) is 0 Å². The molecule has 3 atom stereocenters. The predicted molar refractivity (Wildman–Crippen MR) is 167 cm³/mol. The van der Waals surface area contributed by atoms with Gasteiger partial charge in [0, 0.05) is 23.7 Å². The van der Waals surface area contributed by atoms with E-state index in [-0.39, 0.29) is 16.4 Å². The number of anilines is 2. The Kier molecular flexibility index (Phi) is 9.99. The lowest BCUT2D eigenvalue weighted by Crippen LogP contribution is -2.41. The number of hydrogen-bond acceptors (Lipinski definition) is 6. The lowest BCUT2D eigenvalue weighted by atomic mass is 9.81. The Morgan fingerprint density at radius 2 is 1.71 bits per heavy atom. The van der Waals surface area contributed by atoms with Crippen molar-refractivity contribution >= 4 is 49.0 Å². The third kappa shape index (κ3) is 6.98. The number of carboxylic acid groups (broad SMARTS) is 1. The number of sulfone groups is 1. The fourth-order valence-electron chi connectivity index (χ4n) is 5.39. The third-order valence-corrected chi connectivity index (χ3v) is 10.5. The lowest BCUT2D eigenvalue weighted by Gasteiger charge is -2.36. The van der Waals surface area contributed by atoms with Gasteiger partial charge in [-0.05, 0) is 59.5 Å². The summed E-state index contributed by atoms with van der Waals surface area (Å²) in [5, 5.41) is 12.2. The minimum absolute atomic E-state index is 0.00130. The number of carbonyl (C=O) groups excluding carboxylic acids is 1. The molecule has 0 aliphatic carbocycles. The molecule has 0 spiro atoms. The maximum Gasteiger partial charge on any atom is 0.330 e. The highest BCUT2D eigenvalue weighted by molar-refractivity contribution is 9.10.